The van der Waals surface area contributed by atoms with Gasteiger partial charge in [-0.1, -0.05) is 0 Å². The van der Waals surface area contributed by atoms with Crippen LogP contribution in [-0.4, -0.2) is 42.2 Å². The smallest absolute Gasteiger partial charge is 0.321 e. The lowest BCUT2D eigenvalue weighted by atomic mass is 9.85. The van der Waals surface area contributed by atoms with Crippen LogP contribution in [-0.2, 0) is 4.74 Å². The Labute approximate surface area is 154 Å². The molecule has 4 rings (SSSR count). The van der Waals surface area contributed by atoms with Crippen molar-refractivity contribution in [3.05, 3.63) is 23.2 Å². The SMILES string of the molecule is O=C(Nc1ccc2nc(C(F)F)sc2c1)N1CCC(C2CCOCC2)C1. The minimum absolute atomic E-state index is 0.127. The summed E-state index contributed by atoms with van der Waals surface area (Å²) >= 11 is 0.960. The van der Waals surface area contributed by atoms with Gasteiger partial charge >= 0.3 is 6.03 Å². The van der Waals surface area contributed by atoms with Crippen molar-refractivity contribution in [1.29, 1.82) is 0 Å². The molecule has 1 aromatic heterocycles. The number of nitrogens with one attached hydrogen (secondary N) is 1. The number of hydrogen-bond donors (Lipinski definition) is 1. The third kappa shape index (κ3) is 3.66. The zero-order chi connectivity index (χ0) is 18.1. The summed E-state index contributed by atoms with van der Waals surface area (Å²) in [7, 11) is 0. The quantitative estimate of drug-likeness (QED) is 0.851. The van der Waals surface area contributed by atoms with Crippen molar-refractivity contribution in [3.8, 4) is 0 Å². The topological polar surface area (TPSA) is 54.5 Å². The van der Waals surface area contributed by atoms with Gasteiger partial charge in [0.05, 0.1) is 10.2 Å². The summed E-state index contributed by atoms with van der Waals surface area (Å²) in [6.45, 7) is 3.17. The summed E-state index contributed by atoms with van der Waals surface area (Å²) in [6.07, 6.45) is 0.615. The number of alkyl halides is 2. The molecule has 2 saturated heterocycles. The van der Waals surface area contributed by atoms with E-state index in [1.165, 1.54) is 0 Å². The van der Waals surface area contributed by atoms with Gasteiger partial charge in [0.15, 0.2) is 5.01 Å². The largest absolute Gasteiger partial charge is 0.381 e. The standard InChI is InChI=1S/C18H21F2N3O2S/c19-16(20)17-22-14-2-1-13(9-15(14)26-17)21-18(24)23-6-3-12(10-23)11-4-7-25-8-5-11/h1-2,9,11-12,16H,3-8,10H2,(H,21,24). The van der Waals surface area contributed by atoms with Crippen LogP contribution in [0, 0.1) is 11.8 Å². The van der Waals surface area contributed by atoms with Crippen molar-refractivity contribution in [1.82, 2.24) is 9.88 Å². The van der Waals surface area contributed by atoms with Gasteiger partial charge in [0.1, 0.15) is 0 Å². The van der Waals surface area contributed by atoms with E-state index in [0.29, 0.717) is 27.7 Å². The molecule has 2 amide bonds. The second kappa shape index (κ2) is 7.44. The van der Waals surface area contributed by atoms with Crippen molar-refractivity contribution in [2.75, 3.05) is 31.6 Å². The minimum atomic E-state index is -2.57. The molecular weight excluding hydrogens is 360 g/mol. The Bertz CT molecular complexity index is 792. The van der Waals surface area contributed by atoms with Crippen molar-refractivity contribution >= 4 is 33.3 Å². The Morgan fingerprint density at radius 1 is 1.27 bits per heavy atom. The average molecular weight is 381 g/mol. The number of thiazole rings is 1. The predicted molar refractivity (Wildman–Crippen MR) is 96.8 cm³/mol. The molecule has 2 fully saturated rings. The molecule has 8 heteroatoms. The van der Waals surface area contributed by atoms with Gasteiger partial charge in [0.25, 0.3) is 6.43 Å². The van der Waals surface area contributed by atoms with Crippen LogP contribution in [0.25, 0.3) is 10.2 Å². The maximum absolute atomic E-state index is 12.8. The number of likely N-dealkylation sites (tertiary alicyclic amines) is 1. The van der Waals surface area contributed by atoms with Crippen LogP contribution in [0.2, 0.25) is 0 Å². The number of hydrogen-bond acceptors (Lipinski definition) is 4. The number of rotatable bonds is 3. The van der Waals surface area contributed by atoms with Gasteiger partial charge in [0, 0.05) is 32.0 Å². The fourth-order valence-corrected chi connectivity index (χ4v) is 4.72. The second-order valence-electron chi connectivity index (χ2n) is 6.91. The lowest BCUT2D eigenvalue weighted by Crippen LogP contribution is -2.34. The summed E-state index contributed by atoms with van der Waals surface area (Å²) in [5.74, 6) is 1.19. The first-order chi connectivity index (χ1) is 12.6. The average Bonchev–Trinajstić information content (AvgIpc) is 3.29. The van der Waals surface area contributed by atoms with E-state index in [4.69, 9.17) is 4.74 Å². The highest BCUT2D eigenvalue weighted by Crippen LogP contribution is 2.33. The molecule has 0 radical (unpaired) electrons. The van der Waals surface area contributed by atoms with E-state index in [0.717, 1.165) is 56.9 Å². The van der Waals surface area contributed by atoms with Crippen LogP contribution < -0.4 is 5.32 Å². The monoisotopic (exact) mass is 381 g/mol. The molecule has 2 aliphatic rings. The Morgan fingerprint density at radius 3 is 2.85 bits per heavy atom. The highest BCUT2D eigenvalue weighted by Gasteiger charge is 2.32. The minimum Gasteiger partial charge on any atom is -0.381 e. The number of aromatic nitrogens is 1. The third-order valence-electron chi connectivity index (χ3n) is 5.29. The number of nitrogens with zero attached hydrogens (tertiary/aromatic N) is 2. The van der Waals surface area contributed by atoms with Gasteiger partial charge in [-0.3, -0.25) is 0 Å². The molecule has 26 heavy (non-hydrogen) atoms. The van der Waals surface area contributed by atoms with Gasteiger partial charge in [-0.2, -0.15) is 0 Å². The zero-order valence-corrected chi connectivity index (χ0v) is 15.1. The molecule has 1 N–H and O–H groups in total. The normalized spacial score (nSPS) is 21.7. The number of halogens is 2. The lowest BCUT2D eigenvalue weighted by molar-refractivity contribution is 0.0485. The molecule has 1 atom stereocenters. The van der Waals surface area contributed by atoms with E-state index in [-0.39, 0.29) is 11.0 Å². The summed E-state index contributed by atoms with van der Waals surface area (Å²) in [5, 5.41) is 2.70. The Kier molecular flexibility index (Phi) is 5.04. The van der Waals surface area contributed by atoms with E-state index < -0.39 is 6.43 Å². The number of amides is 2. The number of urea groups is 1. The number of anilines is 1. The van der Waals surface area contributed by atoms with Crippen molar-refractivity contribution in [2.24, 2.45) is 11.8 Å². The van der Waals surface area contributed by atoms with Crippen molar-refractivity contribution < 1.29 is 18.3 Å². The third-order valence-corrected chi connectivity index (χ3v) is 6.31. The number of fused-ring (bicyclic) bond motifs is 1. The molecule has 0 aliphatic carbocycles. The first kappa shape index (κ1) is 17.6. The fourth-order valence-electron chi connectivity index (χ4n) is 3.86. The number of benzene rings is 1. The van der Waals surface area contributed by atoms with E-state index in [2.05, 4.69) is 10.3 Å². The molecule has 3 heterocycles. The molecule has 5 nitrogen and oxygen atoms in total. The Hall–Kier alpha value is -1.80. The summed E-state index contributed by atoms with van der Waals surface area (Å²) in [4.78, 5) is 18.3. The van der Waals surface area contributed by atoms with Gasteiger partial charge in [-0.15, -0.1) is 11.3 Å². The fraction of sp³-hybridized carbons (Fsp3) is 0.556. The summed E-state index contributed by atoms with van der Waals surface area (Å²) < 4.78 is 31.6. The van der Waals surface area contributed by atoms with Crippen LogP contribution in [0.5, 0.6) is 0 Å². The van der Waals surface area contributed by atoms with Crippen LogP contribution in [0.4, 0.5) is 19.3 Å². The van der Waals surface area contributed by atoms with E-state index in [1.807, 2.05) is 4.90 Å². The first-order valence-electron chi connectivity index (χ1n) is 8.92. The van der Waals surface area contributed by atoms with Gasteiger partial charge in [-0.05, 0) is 49.3 Å². The van der Waals surface area contributed by atoms with E-state index >= 15 is 0 Å². The first-order valence-corrected chi connectivity index (χ1v) is 9.74. The molecule has 1 unspecified atom stereocenters. The molecule has 2 aliphatic heterocycles. The van der Waals surface area contributed by atoms with Gasteiger partial charge in [0.2, 0.25) is 0 Å². The second-order valence-corrected chi connectivity index (χ2v) is 7.97. The highest BCUT2D eigenvalue weighted by atomic mass is 32.1. The number of carbonyl (C=O) groups excluding carboxylic acids is 1. The Balaban J connectivity index is 1.39. The van der Waals surface area contributed by atoms with Gasteiger partial charge < -0.3 is 15.0 Å². The van der Waals surface area contributed by atoms with Crippen LogP contribution in [0.1, 0.15) is 30.7 Å². The van der Waals surface area contributed by atoms with Crippen LogP contribution in [0.15, 0.2) is 18.2 Å². The maximum Gasteiger partial charge on any atom is 0.321 e. The van der Waals surface area contributed by atoms with Crippen LogP contribution in [0.3, 0.4) is 0 Å². The van der Waals surface area contributed by atoms with Gasteiger partial charge in [-0.25, -0.2) is 18.6 Å². The summed E-state index contributed by atoms with van der Waals surface area (Å²) in [6, 6.07) is 4.96. The molecule has 1 aromatic carbocycles. The molecule has 0 saturated carbocycles. The van der Waals surface area contributed by atoms with E-state index in [9.17, 15) is 13.6 Å². The lowest BCUT2D eigenvalue weighted by Gasteiger charge is -2.27. The van der Waals surface area contributed by atoms with Crippen molar-refractivity contribution in [2.45, 2.75) is 25.7 Å². The summed E-state index contributed by atoms with van der Waals surface area (Å²) in [5.41, 5.74) is 1.14. The number of ether oxygens (including phenoxy) is 1. The molecule has 0 spiro atoms. The zero-order valence-electron chi connectivity index (χ0n) is 14.3. The number of carbonyl (C=O) groups is 1. The maximum atomic E-state index is 12.8. The van der Waals surface area contributed by atoms with Crippen molar-refractivity contribution in [3.63, 3.8) is 0 Å². The highest BCUT2D eigenvalue weighted by molar-refractivity contribution is 7.18. The molecule has 140 valence electrons. The molecular formula is C18H21F2N3O2S. The molecule has 2 aromatic rings. The molecule has 0 bridgehead atoms. The van der Waals surface area contributed by atoms with Crippen LogP contribution >= 0.6 is 11.3 Å². The Morgan fingerprint density at radius 2 is 2.08 bits per heavy atom. The predicted octanol–water partition coefficient (Wildman–Crippen LogP) is 4.51. The van der Waals surface area contributed by atoms with E-state index in [1.54, 1.807) is 18.2 Å².